The van der Waals surface area contributed by atoms with E-state index in [-0.39, 0.29) is 11.7 Å². The monoisotopic (exact) mass is 237 g/mol. The van der Waals surface area contributed by atoms with Gasteiger partial charge in [-0.3, -0.25) is 4.79 Å². The van der Waals surface area contributed by atoms with Crippen molar-refractivity contribution in [3.8, 4) is 0 Å². The molecule has 0 unspecified atom stereocenters. The number of rotatable bonds is 4. The van der Waals surface area contributed by atoms with Crippen molar-refractivity contribution in [2.24, 2.45) is 0 Å². The van der Waals surface area contributed by atoms with Crippen LogP contribution in [0.4, 0.5) is 10.1 Å². The van der Waals surface area contributed by atoms with Gasteiger partial charge < -0.3 is 10.2 Å². The summed E-state index contributed by atoms with van der Waals surface area (Å²) in [4.78, 5) is 13.1. The van der Waals surface area contributed by atoms with E-state index >= 15 is 0 Å². The minimum Gasteiger partial charge on any atom is -0.334 e. The van der Waals surface area contributed by atoms with Crippen LogP contribution in [-0.2, 0) is 4.79 Å². The quantitative estimate of drug-likeness (QED) is 0.799. The molecule has 1 aliphatic rings. The fraction of sp³-hybridized carbons (Fsp3) is 0.462. The van der Waals surface area contributed by atoms with Crippen LogP contribution in [0.1, 0.15) is 19.3 Å². The molecular formula is C13H18FN2O+. The van der Waals surface area contributed by atoms with Gasteiger partial charge in [0.05, 0.1) is 26.1 Å². The van der Waals surface area contributed by atoms with Crippen molar-refractivity contribution >= 4 is 11.6 Å². The molecular weight excluding hydrogens is 219 g/mol. The Kier molecular flexibility index (Phi) is 4.09. The van der Waals surface area contributed by atoms with E-state index in [4.69, 9.17) is 0 Å². The maximum absolute atomic E-state index is 12.9. The molecule has 0 bridgehead atoms. The lowest BCUT2D eigenvalue weighted by molar-refractivity contribution is -0.886. The molecule has 1 fully saturated rings. The van der Waals surface area contributed by atoms with Crippen LogP contribution < -0.4 is 10.2 Å². The fourth-order valence-electron chi connectivity index (χ4n) is 2.21. The molecule has 1 heterocycles. The highest BCUT2D eigenvalue weighted by atomic mass is 19.1. The summed E-state index contributed by atoms with van der Waals surface area (Å²) in [6.45, 7) is 3.22. The number of anilines is 1. The number of hydrogen-bond acceptors (Lipinski definition) is 1. The molecule has 0 saturated carbocycles. The van der Waals surface area contributed by atoms with Gasteiger partial charge in [0.15, 0.2) is 0 Å². The lowest BCUT2D eigenvalue weighted by Crippen LogP contribution is -3.10. The van der Waals surface area contributed by atoms with Gasteiger partial charge in [-0.15, -0.1) is 0 Å². The van der Waals surface area contributed by atoms with Gasteiger partial charge in [0.2, 0.25) is 5.91 Å². The average Bonchev–Trinajstić information content (AvgIpc) is 2.79. The first-order valence-electron chi connectivity index (χ1n) is 6.13. The number of nitrogens with one attached hydrogen (secondary N) is 2. The molecule has 1 aromatic rings. The molecule has 0 atom stereocenters. The Morgan fingerprint density at radius 2 is 2.12 bits per heavy atom. The first-order chi connectivity index (χ1) is 8.24. The summed E-state index contributed by atoms with van der Waals surface area (Å²) < 4.78 is 12.9. The van der Waals surface area contributed by atoms with Crippen molar-refractivity contribution in [1.29, 1.82) is 0 Å². The third kappa shape index (κ3) is 3.82. The Bertz CT molecular complexity index is 389. The first-order valence-corrected chi connectivity index (χ1v) is 6.13. The average molecular weight is 237 g/mol. The van der Waals surface area contributed by atoms with E-state index in [1.54, 1.807) is 12.1 Å². The molecule has 1 aliphatic heterocycles. The zero-order chi connectivity index (χ0) is 12.1. The van der Waals surface area contributed by atoms with Gasteiger partial charge in [0, 0.05) is 18.5 Å². The predicted octanol–water partition coefficient (Wildman–Crippen LogP) is 0.833. The number of amides is 1. The zero-order valence-electron chi connectivity index (χ0n) is 9.84. The summed E-state index contributed by atoms with van der Waals surface area (Å²) >= 11 is 0. The largest absolute Gasteiger partial charge is 0.334 e. The van der Waals surface area contributed by atoms with Crippen molar-refractivity contribution in [1.82, 2.24) is 0 Å². The third-order valence-electron chi connectivity index (χ3n) is 3.12. The number of carbonyl (C=O) groups excluding carboxylic acids is 1. The second kappa shape index (κ2) is 5.77. The van der Waals surface area contributed by atoms with E-state index in [1.807, 2.05) is 0 Å². The third-order valence-corrected chi connectivity index (χ3v) is 3.12. The van der Waals surface area contributed by atoms with Crippen LogP contribution in [-0.4, -0.2) is 25.5 Å². The van der Waals surface area contributed by atoms with Crippen molar-refractivity contribution in [3.63, 3.8) is 0 Å². The van der Waals surface area contributed by atoms with Crippen LogP contribution in [0.2, 0.25) is 0 Å². The number of benzene rings is 1. The van der Waals surface area contributed by atoms with Crippen molar-refractivity contribution < 1.29 is 14.1 Å². The molecule has 1 amide bonds. The molecule has 17 heavy (non-hydrogen) atoms. The molecule has 0 radical (unpaired) electrons. The van der Waals surface area contributed by atoms with Gasteiger partial charge in [-0.1, -0.05) is 6.07 Å². The molecule has 3 nitrogen and oxygen atoms in total. The highest BCUT2D eigenvalue weighted by molar-refractivity contribution is 5.90. The SMILES string of the molecule is O=C(CC[NH+]1CCCC1)Nc1cccc(F)c1. The van der Waals surface area contributed by atoms with Gasteiger partial charge in [0.1, 0.15) is 5.82 Å². The van der Waals surface area contributed by atoms with Crippen LogP contribution in [0.3, 0.4) is 0 Å². The summed E-state index contributed by atoms with van der Waals surface area (Å²) in [5.41, 5.74) is 0.534. The molecule has 0 aliphatic carbocycles. The second-order valence-corrected chi connectivity index (χ2v) is 4.52. The summed E-state index contributed by atoms with van der Waals surface area (Å²) in [6.07, 6.45) is 3.04. The smallest absolute Gasteiger partial charge is 0.230 e. The summed E-state index contributed by atoms with van der Waals surface area (Å²) in [5, 5.41) is 2.71. The van der Waals surface area contributed by atoms with Crippen molar-refractivity contribution in [2.75, 3.05) is 25.0 Å². The molecule has 1 saturated heterocycles. The maximum atomic E-state index is 12.9. The lowest BCUT2D eigenvalue weighted by atomic mass is 10.3. The van der Waals surface area contributed by atoms with E-state index in [0.717, 1.165) is 6.54 Å². The standard InChI is InChI=1S/C13H17FN2O/c14-11-4-3-5-12(10-11)15-13(17)6-9-16-7-1-2-8-16/h3-5,10H,1-2,6-9H2,(H,15,17)/p+1. The molecule has 92 valence electrons. The second-order valence-electron chi connectivity index (χ2n) is 4.52. The van der Waals surface area contributed by atoms with E-state index in [9.17, 15) is 9.18 Å². The minimum atomic E-state index is -0.326. The van der Waals surface area contributed by atoms with Crippen molar-refractivity contribution in [2.45, 2.75) is 19.3 Å². The Morgan fingerprint density at radius 3 is 2.82 bits per heavy atom. The molecule has 0 spiro atoms. The number of likely N-dealkylation sites (tertiary alicyclic amines) is 1. The lowest BCUT2D eigenvalue weighted by Gasteiger charge is -2.11. The van der Waals surface area contributed by atoms with Crippen LogP contribution in [0.5, 0.6) is 0 Å². The zero-order valence-corrected chi connectivity index (χ0v) is 9.84. The van der Waals surface area contributed by atoms with E-state index in [0.29, 0.717) is 12.1 Å². The molecule has 2 rings (SSSR count). The number of quaternary nitrogens is 1. The molecule has 1 aromatic carbocycles. The van der Waals surface area contributed by atoms with E-state index in [2.05, 4.69) is 5.32 Å². The topological polar surface area (TPSA) is 33.5 Å². The maximum Gasteiger partial charge on any atom is 0.230 e. The Balaban J connectivity index is 1.76. The van der Waals surface area contributed by atoms with Gasteiger partial charge in [-0.2, -0.15) is 0 Å². The van der Waals surface area contributed by atoms with Crippen LogP contribution >= 0.6 is 0 Å². The number of hydrogen-bond donors (Lipinski definition) is 2. The van der Waals surface area contributed by atoms with Crippen LogP contribution in [0, 0.1) is 5.82 Å². The van der Waals surface area contributed by atoms with Gasteiger partial charge in [0.25, 0.3) is 0 Å². The van der Waals surface area contributed by atoms with Gasteiger partial charge in [-0.25, -0.2) is 4.39 Å². The highest BCUT2D eigenvalue weighted by Crippen LogP contribution is 2.08. The Hall–Kier alpha value is -1.42. The fourth-order valence-corrected chi connectivity index (χ4v) is 2.21. The number of carbonyl (C=O) groups is 1. The van der Waals surface area contributed by atoms with Crippen LogP contribution in [0.25, 0.3) is 0 Å². The molecule has 2 N–H and O–H groups in total. The Labute approximate surface area is 101 Å². The molecule has 0 aromatic heterocycles. The van der Waals surface area contributed by atoms with E-state index < -0.39 is 0 Å². The van der Waals surface area contributed by atoms with Crippen LogP contribution in [0.15, 0.2) is 24.3 Å². The van der Waals surface area contributed by atoms with Gasteiger partial charge in [-0.05, 0) is 18.2 Å². The predicted molar refractivity (Wildman–Crippen MR) is 64.4 cm³/mol. The summed E-state index contributed by atoms with van der Waals surface area (Å²) in [6, 6.07) is 5.99. The van der Waals surface area contributed by atoms with E-state index in [1.165, 1.54) is 43.0 Å². The minimum absolute atomic E-state index is 0.0324. The first kappa shape index (κ1) is 12.0. The highest BCUT2D eigenvalue weighted by Gasteiger charge is 2.16. The summed E-state index contributed by atoms with van der Waals surface area (Å²) in [5.74, 6) is -0.358. The van der Waals surface area contributed by atoms with Gasteiger partial charge >= 0.3 is 0 Å². The normalized spacial score (nSPS) is 16.1. The van der Waals surface area contributed by atoms with Crippen molar-refractivity contribution in [3.05, 3.63) is 30.1 Å². The number of halogens is 1. The molecule has 4 heteroatoms. The Morgan fingerprint density at radius 1 is 1.35 bits per heavy atom. The summed E-state index contributed by atoms with van der Waals surface area (Å²) in [7, 11) is 0.